The van der Waals surface area contributed by atoms with Crippen LogP contribution >= 0.6 is 0 Å². The lowest BCUT2D eigenvalue weighted by Gasteiger charge is -2.27. The van der Waals surface area contributed by atoms with E-state index in [9.17, 15) is 8.78 Å². The van der Waals surface area contributed by atoms with Crippen molar-refractivity contribution in [2.75, 3.05) is 6.61 Å². The fourth-order valence-corrected chi connectivity index (χ4v) is 5.12. The fraction of sp³-hybridized carbons (Fsp3) is 0.375. The van der Waals surface area contributed by atoms with Gasteiger partial charge in [0.25, 0.3) is 0 Å². The molecule has 0 amide bonds. The summed E-state index contributed by atoms with van der Waals surface area (Å²) in [6.45, 7) is 6.37. The third kappa shape index (κ3) is 6.03. The molecule has 0 N–H and O–H groups in total. The average molecular weight is 493 g/mol. The smallest absolute Gasteiger partial charge is 0.201 e. The minimum Gasteiger partial charge on any atom is -0.490 e. The van der Waals surface area contributed by atoms with Gasteiger partial charge in [0.1, 0.15) is 5.82 Å². The highest BCUT2D eigenvalue weighted by Crippen LogP contribution is 2.38. The monoisotopic (exact) mass is 492 g/mol. The molecular formula is C32H35F3O. The Hall–Kier alpha value is -3.01. The molecule has 3 aromatic carbocycles. The van der Waals surface area contributed by atoms with Crippen molar-refractivity contribution in [3.8, 4) is 28.0 Å². The number of allylic oxidation sites excluding steroid dienone is 1. The van der Waals surface area contributed by atoms with Gasteiger partial charge in [0.2, 0.25) is 5.82 Å². The van der Waals surface area contributed by atoms with E-state index in [0.29, 0.717) is 18.1 Å². The van der Waals surface area contributed by atoms with Crippen LogP contribution in [0.4, 0.5) is 13.2 Å². The Balaban J connectivity index is 1.45. The summed E-state index contributed by atoms with van der Waals surface area (Å²) < 4.78 is 49.9. The SMILES string of the molecule is C=CC1CCC(c2ccc(-c3ccc(-c4ccc(OCCCCCC)c(F)c4F)cc3)cc2F)CC1. The van der Waals surface area contributed by atoms with E-state index < -0.39 is 11.6 Å². The van der Waals surface area contributed by atoms with Gasteiger partial charge in [-0.2, -0.15) is 4.39 Å². The van der Waals surface area contributed by atoms with E-state index in [-0.39, 0.29) is 23.0 Å². The first kappa shape index (κ1) is 26.1. The molecule has 1 saturated carbocycles. The van der Waals surface area contributed by atoms with E-state index in [1.165, 1.54) is 6.07 Å². The van der Waals surface area contributed by atoms with Crippen LogP contribution in [0.25, 0.3) is 22.3 Å². The first-order chi connectivity index (χ1) is 17.5. The van der Waals surface area contributed by atoms with Crippen LogP contribution in [0.5, 0.6) is 5.75 Å². The predicted molar refractivity (Wildman–Crippen MR) is 142 cm³/mol. The van der Waals surface area contributed by atoms with Crippen molar-refractivity contribution >= 4 is 0 Å². The van der Waals surface area contributed by atoms with Crippen LogP contribution in [0.2, 0.25) is 0 Å². The largest absolute Gasteiger partial charge is 0.490 e. The number of ether oxygens (including phenoxy) is 1. The van der Waals surface area contributed by atoms with Crippen LogP contribution in [0.3, 0.4) is 0 Å². The molecule has 36 heavy (non-hydrogen) atoms. The van der Waals surface area contributed by atoms with Gasteiger partial charge in [0.15, 0.2) is 11.6 Å². The highest BCUT2D eigenvalue weighted by atomic mass is 19.2. The zero-order valence-corrected chi connectivity index (χ0v) is 21.0. The highest BCUT2D eigenvalue weighted by Gasteiger charge is 2.23. The highest BCUT2D eigenvalue weighted by molar-refractivity contribution is 5.71. The van der Waals surface area contributed by atoms with E-state index in [4.69, 9.17) is 4.74 Å². The summed E-state index contributed by atoms with van der Waals surface area (Å²) in [4.78, 5) is 0. The number of unbranched alkanes of at least 4 members (excludes halogenated alkanes) is 3. The Morgan fingerprint density at radius 3 is 2.17 bits per heavy atom. The Morgan fingerprint density at radius 2 is 1.50 bits per heavy atom. The molecule has 0 aromatic heterocycles. The Bertz CT molecular complexity index is 1160. The molecule has 4 rings (SSSR count). The minimum absolute atomic E-state index is 0.0575. The first-order valence-corrected chi connectivity index (χ1v) is 13.2. The molecule has 1 aliphatic rings. The van der Waals surface area contributed by atoms with E-state index in [1.54, 1.807) is 24.3 Å². The zero-order chi connectivity index (χ0) is 25.5. The molecule has 1 nitrogen and oxygen atoms in total. The van der Waals surface area contributed by atoms with Crippen LogP contribution in [0.15, 0.2) is 67.3 Å². The average Bonchev–Trinajstić information content (AvgIpc) is 2.91. The summed E-state index contributed by atoms with van der Waals surface area (Å²) in [7, 11) is 0. The second kappa shape index (κ2) is 12.3. The van der Waals surface area contributed by atoms with Crippen LogP contribution in [-0.2, 0) is 0 Å². The van der Waals surface area contributed by atoms with Crippen molar-refractivity contribution in [1.29, 1.82) is 0 Å². The van der Waals surface area contributed by atoms with Crippen molar-refractivity contribution in [2.24, 2.45) is 5.92 Å². The van der Waals surface area contributed by atoms with Gasteiger partial charge in [-0.1, -0.05) is 68.7 Å². The van der Waals surface area contributed by atoms with Crippen LogP contribution in [0, 0.1) is 23.4 Å². The number of benzene rings is 3. The summed E-state index contributed by atoms with van der Waals surface area (Å²) in [5.74, 6) is -1.34. The summed E-state index contributed by atoms with van der Waals surface area (Å²) in [6.07, 6.45) is 10.1. The second-order valence-electron chi connectivity index (χ2n) is 9.81. The van der Waals surface area contributed by atoms with Gasteiger partial charge in [-0.15, -0.1) is 6.58 Å². The molecule has 0 bridgehead atoms. The number of hydrogen-bond donors (Lipinski definition) is 0. The van der Waals surface area contributed by atoms with E-state index in [2.05, 4.69) is 13.5 Å². The third-order valence-electron chi connectivity index (χ3n) is 7.38. The number of hydrogen-bond acceptors (Lipinski definition) is 1. The van der Waals surface area contributed by atoms with Gasteiger partial charge in [0.05, 0.1) is 6.61 Å². The summed E-state index contributed by atoms with van der Waals surface area (Å²) in [5, 5.41) is 0. The number of rotatable bonds is 10. The molecule has 0 spiro atoms. The molecule has 0 unspecified atom stereocenters. The Kier molecular flexibility index (Phi) is 8.90. The van der Waals surface area contributed by atoms with Gasteiger partial charge in [-0.25, -0.2) is 8.78 Å². The summed E-state index contributed by atoms with van der Waals surface area (Å²) >= 11 is 0. The molecule has 4 heteroatoms. The maximum Gasteiger partial charge on any atom is 0.201 e. The van der Waals surface area contributed by atoms with E-state index in [1.807, 2.05) is 30.3 Å². The Morgan fingerprint density at radius 1 is 0.806 bits per heavy atom. The van der Waals surface area contributed by atoms with Crippen molar-refractivity contribution in [1.82, 2.24) is 0 Å². The van der Waals surface area contributed by atoms with E-state index in [0.717, 1.165) is 68.1 Å². The van der Waals surface area contributed by atoms with Crippen LogP contribution < -0.4 is 4.74 Å². The molecule has 0 radical (unpaired) electrons. The predicted octanol–water partition coefficient (Wildman–Crippen LogP) is 9.86. The third-order valence-corrected chi connectivity index (χ3v) is 7.38. The van der Waals surface area contributed by atoms with Gasteiger partial charge in [-0.05, 0) is 84.4 Å². The number of halogens is 3. The molecule has 1 fully saturated rings. The quantitative estimate of drug-likeness (QED) is 0.202. The van der Waals surface area contributed by atoms with Crippen molar-refractivity contribution in [3.63, 3.8) is 0 Å². The van der Waals surface area contributed by atoms with Crippen LogP contribution in [0.1, 0.15) is 69.8 Å². The molecule has 190 valence electrons. The maximum absolute atomic E-state index is 15.0. The lowest BCUT2D eigenvalue weighted by atomic mass is 9.78. The molecule has 0 atom stereocenters. The van der Waals surface area contributed by atoms with Crippen molar-refractivity contribution < 1.29 is 17.9 Å². The standard InChI is InChI=1S/C32H35F3O/c1-3-5-6-7-20-36-30-19-18-28(31(34)32(30)35)25-14-12-23(13-15-25)26-16-17-27(29(33)21-26)24-10-8-22(4-2)9-11-24/h4,12-19,21-22,24H,2-3,5-11,20H2,1H3. The molecule has 1 aliphatic carbocycles. The van der Waals surface area contributed by atoms with Crippen molar-refractivity contribution in [2.45, 2.75) is 64.2 Å². The normalized spacial score (nSPS) is 17.7. The fourth-order valence-electron chi connectivity index (χ4n) is 5.12. The summed E-state index contributed by atoms with van der Waals surface area (Å²) in [5.41, 5.74) is 3.10. The van der Waals surface area contributed by atoms with Crippen molar-refractivity contribution in [3.05, 3.63) is 90.3 Å². The minimum atomic E-state index is -0.966. The Labute approximate surface area is 213 Å². The lowest BCUT2D eigenvalue weighted by molar-refractivity contribution is 0.285. The molecule has 3 aromatic rings. The lowest BCUT2D eigenvalue weighted by Crippen LogP contribution is -2.12. The van der Waals surface area contributed by atoms with Gasteiger partial charge in [-0.3, -0.25) is 0 Å². The summed E-state index contributed by atoms with van der Waals surface area (Å²) in [6, 6.07) is 15.6. The maximum atomic E-state index is 15.0. The molecular weight excluding hydrogens is 457 g/mol. The molecule has 0 saturated heterocycles. The molecule has 0 aliphatic heterocycles. The van der Waals surface area contributed by atoms with Gasteiger partial charge in [0, 0.05) is 5.56 Å². The topological polar surface area (TPSA) is 9.23 Å². The zero-order valence-electron chi connectivity index (χ0n) is 21.0. The first-order valence-electron chi connectivity index (χ1n) is 13.2. The van der Waals surface area contributed by atoms with Gasteiger partial charge < -0.3 is 4.74 Å². The van der Waals surface area contributed by atoms with E-state index >= 15 is 4.39 Å². The second-order valence-corrected chi connectivity index (χ2v) is 9.81. The van der Waals surface area contributed by atoms with Gasteiger partial charge >= 0.3 is 0 Å². The molecule has 0 heterocycles. The van der Waals surface area contributed by atoms with Crippen LogP contribution in [-0.4, -0.2) is 6.61 Å².